The summed E-state index contributed by atoms with van der Waals surface area (Å²) >= 11 is 0. The fourth-order valence-corrected chi connectivity index (χ4v) is 8.46. The molecule has 2 heterocycles. The quantitative estimate of drug-likeness (QED) is 0.172. The van der Waals surface area contributed by atoms with E-state index in [4.69, 9.17) is 4.42 Å². The number of fused-ring (bicyclic) bond motifs is 7. The number of furan rings is 1. The molecule has 0 N–H and O–H groups in total. The van der Waals surface area contributed by atoms with Crippen molar-refractivity contribution >= 4 is 71.6 Å². The molecule has 11 aromatic rings. The minimum absolute atomic E-state index is 0.901. The summed E-state index contributed by atoms with van der Waals surface area (Å²) in [5.74, 6) is 0. The number of hydrogen-bond donors (Lipinski definition) is 0. The van der Waals surface area contributed by atoms with Crippen molar-refractivity contribution < 1.29 is 4.42 Å². The number of benzene rings is 9. The van der Waals surface area contributed by atoms with Gasteiger partial charge in [0.2, 0.25) is 0 Å². The molecule has 0 fully saturated rings. The summed E-state index contributed by atoms with van der Waals surface area (Å²) in [7, 11) is 0. The zero-order valence-corrected chi connectivity index (χ0v) is 29.9. The van der Waals surface area contributed by atoms with Gasteiger partial charge in [-0.1, -0.05) is 152 Å². The maximum absolute atomic E-state index is 6.51. The van der Waals surface area contributed by atoms with Gasteiger partial charge in [0, 0.05) is 38.2 Å². The smallest absolute Gasteiger partial charge is 0.159 e. The zero-order valence-electron chi connectivity index (χ0n) is 29.9. The molecule has 55 heavy (non-hydrogen) atoms. The predicted octanol–water partition coefficient (Wildman–Crippen LogP) is 14.6. The average molecular weight is 703 g/mol. The van der Waals surface area contributed by atoms with E-state index in [-0.39, 0.29) is 0 Å². The second-order valence-corrected chi connectivity index (χ2v) is 14.1. The van der Waals surface area contributed by atoms with Gasteiger partial charge in [-0.25, -0.2) is 0 Å². The first-order valence-electron chi connectivity index (χ1n) is 18.8. The fourth-order valence-electron chi connectivity index (χ4n) is 8.46. The summed E-state index contributed by atoms with van der Waals surface area (Å²) in [6.07, 6.45) is 0. The summed E-state index contributed by atoms with van der Waals surface area (Å²) in [6, 6.07) is 73.9. The first kappa shape index (κ1) is 31.2. The Balaban J connectivity index is 1.02. The lowest BCUT2D eigenvalue weighted by Gasteiger charge is -2.29. The van der Waals surface area contributed by atoms with Gasteiger partial charge in [-0.15, -0.1) is 0 Å². The van der Waals surface area contributed by atoms with Crippen LogP contribution in [0.15, 0.2) is 211 Å². The van der Waals surface area contributed by atoms with Crippen molar-refractivity contribution in [3.05, 3.63) is 206 Å². The van der Waals surface area contributed by atoms with E-state index in [0.717, 1.165) is 61.3 Å². The molecule has 9 aromatic carbocycles. The highest BCUT2D eigenvalue weighted by molar-refractivity contribution is 6.13. The van der Waals surface area contributed by atoms with Crippen LogP contribution in [0.5, 0.6) is 0 Å². The molecule has 0 atom stereocenters. The normalized spacial score (nSPS) is 11.6. The van der Waals surface area contributed by atoms with Crippen LogP contribution in [0.4, 0.5) is 17.1 Å². The molecule has 0 aliphatic heterocycles. The van der Waals surface area contributed by atoms with E-state index in [9.17, 15) is 0 Å². The van der Waals surface area contributed by atoms with Gasteiger partial charge in [0.25, 0.3) is 0 Å². The maximum Gasteiger partial charge on any atom is 0.159 e. The molecule has 0 amide bonds. The SMILES string of the molecule is c1ccc(N(c2ccccc2-c2ccc(-c3ccc4c(c3)c3ccccc3n4-c3cccc4c3oc3ccccc34)cc2)c2cccc3ccccc23)cc1. The third-order valence-electron chi connectivity index (χ3n) is 11.0. The molecule has 0 aliphatic carbocycles. The molecule has 0 radical (unpaired) electrons. The van der Waals surface area contributed by atoms with Gasteiger partial charge in [-0.3, -0.25) is 0 Å². The van der Waals surface area contributed by atoms with Gasteiger partial charge in [0.1, 0.15) is 5.58 Å². The molecule has 0 aliphatic rings. The lowest BCUT2D eigenvalue weighted by atomic mass is 9.97. The number of rotatable bonds is 6. The number of para-hydroxylation sites is 5. The summed E-state index contributed by atoms with van der Waals surface area (Å²) < 4.78 is 8.87. The Bertz CT molecular complexity index is 3200. The lowest BCUT2D eigenvalue weighted by Crippen LogP contribution is -2.11. The number of hydrogen-bond acceptors (Lipinski definition) is 2. The van der Waals surface area contributed by atoms with Gasteiger partial charge < -0.3 is 13.9 Å². The molecule has 0 bridgehead atoms. The predicted molar refractivity (Wildman–Crippen MR) is 231 cm³/mol. The highest BCUT2D eigenvalue weighted by atomic mass is 16.3. The van der Waals surface area contributed by atoms with Crippen molar-refractivity contribution in [2.75, 3.05) is 4.90 Å². The molecule has 11 rings (SSSR count). The van der Waals surface area contributed by atoms with E-state index in [1.807, 2.05) is 12.1 Å². The Labute approximate surface area is 318 Å². The molecule has 0 saturated heterocycles. The Kier molecular flexibility index (Phi) is 7.17. The van der Waals surface area contributed by atoms with Crippen LogP contribution in [0, 0.1) is 0 Å². The van der Waals surface area contributed by atoms with Crippen LogP contribution in [0.25, 0.3) is 82.5 Å². The van der Waals surface area contributed by atoms with E-state index >= 15 is 0 Å². The average Bonchev–Trinajstić information content (AvgIpc) is 3.80. The minimum Gasteiger partial charge on any atom is -0.454 e. The summed E-state index contributed by atoms with van der Waals surface area (Å²) in [5.41, 5.74) is 13.2. The third kappa shape index (κ3) is 5.05. The van der Waals surface area contributed by atoms with E-state index in [0.29, 0.717) is 0 Å². The Morgan fingerprint density at radius 1 is 0.382 bits per heavy atom. The molecular formula is C52H34N2O. The topological polar surface area (TPSA) is 21.3 Å². The van der Waals surface area contributed by atoms with Gasteiger partial charge in [0.05, 0.1) is 28.1 Å². The van der Waals surface area contributed by atoms with E-state index < -0.39 is 0 Å². The highest BCUT2D eigenvalue weighted by Crippen LogP contribution is 2.44. The van der Waals surface area contributed by atoms with Crippen LogP contribution in [0.1, 0.15) is 0 Å². The molecule has 3 heteroatoms. The molecule has 2 aromatic heterocycles. The Hall–Kier alpha value is -7.36. The third-order valence-corrected chi connectivity index (χ3v) is 11.0. The van der Waals surface area contributed by atoms with Gasteiger partial charge in [-0.2, -0.15) is 0 Å². The first-order chi connectivity index (χ1) is 27.3. The van der Waals surface area contributed by atoms with Crippen LogP contribution < -0.4 is 4.90 Å². The van der Waals surface area contributed by atoms with Crippen LogP contribution in [-0.4, -0.2) is 4.57 Å². The van der Waals surface area contributed by atoms with Gasteiger partial charge in [0.15, 0.2) is 5.58 Å². The van der Waals surface area contributed by atoms with Crippen LogP contribution in [-0.2, 0) is 0 Å². The summed E-state index contributed by atoms with van der Waals surface area (Å²) in [4.78, 5) is 2.39. The highest BCUT2D eigenvalue weighted by Gasteiger charge is 2.20. The summed E-state index contributed by atoms with van der Waals surface area (Å²) in [5, 5.41) is 7.12. The standard InChI is InChI=1S/C52H34N2O/c1-2-16-39(17-3-1)53(47-25-12-15-36-14-4-5-18-40(36)47)46-23-9-6-19-41(46)37-30-28-35(29-31-37)38-32-33-49-45(34-38)42-20-7-10-24-48(42)54(49)50-26-13-22-44-43-21-8-11-27-51(43)55-52(44)50/h1-34H. The number of anilines is 3. The number of nitrogens with zero attached hydrogens (tertiary/aromatic N) is 2. The van der Waals surface area contributed by atoms with Crippen molar-refractivity contribution in [2.45, 2.75) is 0 Å². The van der Waals surface area contributed by atoms with E-state index in [1.54, 1.807) is 0 Å². The Morgan fingerprint density at radius 2 is 1.00 bits per heavy atom. The van der Waals surface area contributed by atoms with Crippen molar-refractivity contribution in [1.29, 1.82) is 0 Å². The fraction of sp³-hybridized carbons (Fsp3) is 0. The van der Waals surface area contributed by atoms with E-state index in [2.05, 4.69) is 204 Å². The molecule has 0 spiro atoms. The second kappa shape index (κ2) is 12.6. The van der Waals surface area contributed by atoms with Crippen molar-refractivity contribution in [3.63, 3.8) is 0 Å². The van der Waals surface area contributed by atoms with Crippen molar-refractivity contribution in [1.82, 2.24) is 4.57 Å². The van der Waals surface area contributed by atoms with Crippen molar-refractivity contribution in [2.24, 2.45) is 0 Å². The Morgan fingerprint density at radius 3 is 1.89 bits per heavy atom. The van der Waals surface area contributed by atoms with Gasteiger partial charge >= 0.3 is 0 Å². The van der Waals surface area contributed by atoms with Crippen LogP contribution in [0.2, 0.25) is 0 Å². The minimum atomic E-state index is 0.901. The lowest BCUT2D eigenvalue weighted by molar-refractivity contribution is 0.666. The van der Waals surface area contributed by atoms with Gasteiger partial charge in [-0.05, 0) is 76.7 Å². The van der Waals surface area contributed by atoms with E-state index in [1.165, 1.54) is 38.2 Å². The molecule has 258 valence electrons. The summed E-state index contributed by atoms with van der Waals surface area (Å²) in [6.45, 7) is 0. The second-order valence-electron chi connectivity index (χ2n) is 14.1. The molecule has 0 saturated carbocycles. The van der Waals surface area contributed by atoms with Crippen LogP contribution >= 0.6 is 0 Å². The largest absolute Gasteiger partial charge is 0.454 e. The maximum atomic E-state index is 6.51. The number of aromatic nitrogens is 1. The first-order valence-corrected chi connectivity index (χ1v) is 18.8. The monoisotopic (exact) mass is 702 g/mol. The van der Waals surface area contributed by atoms with Crippen LogP contribution in [0.3, 0.4) is 0 Å². The molecular weight excluding hydrogens is 669 g/mol. The van der Waals surface area contributed by atoms with Crippen molar-refractivity contribution in [3.8, 4) is 27.9 Å². The zero-order chi connectivity index (χ0) is 36.3. The molecule has 3 nitrogen and oxygen atoms in total. The molecule has 0 unspecified atom stereocenters.